The van der Waals surface area contributed by atoms with Crippen LogP contribution in [0.25, 0.3) is 17.0 Å². The zero-order valence-corrected chi connectivity index (χ0v) is 19.2. The maximum atomic E-state index is 9.29. The quantitative estimate of drug-likeness (QED) is 0.350. The minimum Gasteiger partial charge on any atom is -0.390 e. The van der Waals surface area contributed by atoms with Gasteiger partial charge >= 0.3 is 0 Å². The summed E-state index contributed by atoms with van der Waals surface area (Å²) in [5, 5.41) is 11.7. The van der Waals surface area contributed by atoms with Crippen LogP contribution in [-0.4, -0.2) is 18.3 Å². The van der Waals surface area contributed by atoms with Gasteiger partial charge in [0.25, 0.3) is 0 Å². The molecule has 0 atom stereocenters. The first-order chi connectivity index (χ1) is 14.7. The number of aromatic nitrogens is 1. The van der Waals surface area contributed by atoms with E-state index in [0.717, 1.165) is 16.5 Å². The summed E-state index contributed by atoms with van der Waals surface area (Å²) in [6.07, 6.45) is 12.6. The van der Waals surface area contributed by atoms with E-state index in [9.17, 15) is 5.11 Å². The van der Waals surface area contributed by atoms with Gasteiger partial charge in [-0.2, -0.15) is 4.57 Å². The lowest BCUT2D eigenvalue weighted by molar-refractivity contribution is -0.672. The number of anilines is 1. The van der Waals surface area contributed by atoms with E-state index in [4.69, 9.17) is 0 Å². The van der Waals surface area contributed by atoms with Gasteiger partial charge in [-0.05, 0) is 42.8 Å². The van der Waals surface area contributed by atoms with Crippen LogP contribution in [0.15, 0.2) is 93.4 Å². The first-order valence-corrected chi connectivity index (χ1v) is 11.6. The molecule has 0 radical (unpaired) electrons. The zero-order valence-electron chi connectivity index (χ0n) is 16.8. The molecule has 3 nitrogen and oxygen atoms in total. The van der Waals surface area contributed by atoms with Crippen LogP contribution in [0.2, 0.25) is 0 Å². The number of aliphatic hydroxyl groups is 1. The molecule has 1 aliphatic rings. The third-order valence-corrected chi connectivity index (χ3v) is 6.67. The Balaban J connectivity index is 1.52. The molecule has 2 heterocycles. The molecule has 0 fully saturated rings. The van der Waals surface area contributed by atoms with E-state index in [1.165, 1.54) is 26.6 Å². The number of allylic oxidation sites excluding steroid dienone is 4. The van der Waals surface area contributed by atoms with Crippen molar-refractivity contribution in [2.45, 2.75) is 18.4 Å². The summed E-state index contributed by atoms with van der Waals surface area (Å²) >= 11 is 5.38. The molecule has 3 aromatic rings. The number of thioether (sulfide) groups is 1. The Hall–Kier alpha value is -2.34. The number of aliphatic hydroxyl groups excluding tert-OH is 1. The third-order valence-electron chi connectivity index (χ3n) is 5.04. The maximum absolute atomic E-state index is 9.29. The van der Waals surface area contributed by atoms with E-state index in [1.54, 1.807) is 0 Å². The molecule has 0 bridgehead atoms. The Morgan fingerprint density at radius 3 is 2.80 bits per heavy atom. The Kier molecular flexibility index (Phi) is 6.72. The first kappa shape index (κ1) is 20.9. The normalized spacial score (nSPS) is 15.2. The van der Waals surface area contributed by atoms with Crippen molar-refractivity contribution in [3.8, 4) is 0 Å². The lowest BCUT2D eigenvalue weighted by Crippen LogP contribution is -2.36. The Morgan fingerprint density at radius 1 is 1.10 bits per heavy atom. The van der Waals surface area contributed by atoms with Crippen LogP contribution in [-0.2, 0) is 6.54 Å². The number of nitrogens with zero attached hydrogens (tertiary/aromatic N) is 2. The summed E-state index contributed by atoms with van der Waals surface area (Å²) in [6.45, 7) is 3.85. The largest absolute Gasteiger partial charge is 0.390 e. The smallest absolute Gasteiger partial charge is 0.213 e. The summed E-state index contributed by atoms with van der Waals surface area (Å²) < 4.78 is 3.19. The van der Waals surface area contributed by atoms with Gasteiger partial charge in [0.1, 0.15) is 6.61 Å². The van der Waals surface area contributed by atoms with Crippen molar-refractivity contribution >= 4 is 50.4 Å². The van der Waals surface area contributed by atoms with E-state index in [1.807, 2.05) is 24.0 Å². The van der Waals surface area contributed by atoms with Gasteiger partial charge < -0.3 is 10.0 Å². The van der Waals surface area contributed by atoms with Gasteiger partial charge in [-0.1, -0.05) is 64.1 Å². The molecular weight excluding hydrogens is 456 g/mol. The molecular formula is C25H24BrN2OS+. The maximum Gasteiger partial charge on any atom is 0.213 e. The summed E-state index contributed by atoms with van der Waals surface area (Å²) in [4.78, 5) is 3.63. The molecule has 0 unspecified atom stereocenters. The van der Waals surface area contributed by atoms with Crippen molar-refractivity contribution < 1.29 is 9.67 Å². The van der Waals surface area contributed by atoms with Gasteiger partial charge in [0.15, 0.2) is 12.7 Å². The lowest BCUT2D eigenvalue weighted by atomic mass is 10.1. The summed E-state index contributed by atoms with van der Waals surface area (Å²) in [5.74, 6) is 0. The van der Waals surface area contributed by atoms with Gasteiger partial charge in [0, 0.05) is 28.0 Å². The van der Waals surface area contributed by atoms with Crippen LogP contribution in [0.3, 0.4) is 0 Å². The van der Waals surface area contributed by atoms with Gasteiger partial charge in [-0.25, -0.2) is 0 Å². The number of halogens is 1. The van der Waals surface area contributed by atoms with Crippen LogP contribution in [0.4, 0.5) is 5.69 Å². The average molecular weight is 480 g/mol. The fraction of sp³-hybridized carbons (Fsp3) is 0.160. The van der Waals surface area contributed by atoms with Crippen LogP contribution in [0.1, 0.15) is 12.5 Å². The predicted molar refractivity (Wildman–Crippen MR) is 131 cm³/mol. The van der Waals surface area contributed by atoms with Crippen molar-refractivity contribution in [3.05, 3.63) is 94.1 Å². The van der Waals surface area contributed by atoms with Crippen LogP contribution in [0.5, 0.6) is 0 Å². The predicted octanol–water partition coefficient (Wildman–Crippen LogP) is 5.93. The highest BCUT2D eigenvalue weighted by molar-refractivity contribution is 9.10. The van der Waals surface area contributed by atoms with Gasteiger partial charge in [-0.15, -0.1) is 0 Å². The van der Waals surface area contributed by atoms with Crippen LogP contribution >= 0.6 is 27.7 Å². The van der Waals surface area contributed by atoms with Crippen molar-refractivity contribution in [3.63, 3.8) is 0 Å². The third kappa shape index (κ3) is 4.38. The first-order valence-electron chi connectivity index (χ1n) is 10.0. The van der Waals surface area contributed by atoms with Gasteiger partial charge in [0.05, 0.1) is 16.1 Å². The van der Waals surface area contributed by atoms with E-state index < -0.39 is 0 Å². The highest BCUT2D eigenvalue weighted by atomic mass is 79.9. The molecule has 0 aliphatic carbocycles. The summed E-state index contributed by atoms with van der Waals surface area (Å²) in [5.41, 5.74) is 3.56. The standard InChI is InChI=1S/C25H24BrN2OS/c1-2-28-23-18-20(26)12-13-24(23)30-25(28)11-5-3-4-8-19-14-15-27(16-17-29)22-10-7-6-9-21(19)22/h3-15,18,29H,2,16-17H2,1H3/q+1. The van der Waals surface area contributed by atoms with E-state index in [-0.39, 0.29) is 6.61 Å². The SMILES string of the molecule is CCN1/C(=C/C=C/C=C/c2cc[n+](CCO)c3ccccc23)Sc2ccc(Br)cc21. The zero-order chi connectivity index (χ0) is 20.9. The fourth-order valence-electron chi connectivity index (χ4n) is 3.64. The molecule has 4 rings (SSSR count). The fourth-order valence-corrected chi connectivity index (χ4v) is 5.11. The van der Waals surface area contributed by atoms with Crippen LogP contribution < -0.4 is 9.47 Å². The van der Waals surface area contributed by atoms with Gasteiger partial charge in [0.2, 0.25) is 5.52 Å². The number of rotatable bonds is 6. The Bertz CT molecular complexity index is 1150. The lowest BCUT2D eigenvalue weighted by Gasteiger charge is -2.17. The number of benzene rings is 2. The second-order valence-electron chi connectivity index (χ2n) is 6.91. The number of fused-ring (bicyclic) bond motifs is 2. The Morgan fingerprint density at radius 2 is 1.97 bits per heavy atom. The molecule has 2 aromatic carbocycles. The monoisotopic (exact) mass is 479 g/mol. The molecule has 152 valence electrons. The van der Waals surface area contributed by atoms with E-state index >= 15 is 0 Å². The second kappa shape index (κ2) is 9.65. The Labute approximate surface area is 190 Å². The molecule has 0 saturated heterocycles. The summed E-state index contributed by atoms with van der Waals surface area (Å²) in [6, 6.07) is 16.8. The van der Waals surface area contributed by atoms with Crippen molar-refractivity contribution in [1.82, 2.24) is 0 Å². The molecule has 0 spiro atoms. The minimum atomic E-state index is 0.134. The minimum absolute atomic E-state index is 0.134. The van der Waals surface area contributed by atoms with E-state index in [0.29, 0.717) is 6.54 Å². The topological polar surface area (TPSA) is 27.4 Å². The van der Waals surface area contributed by atoms with E-state index in [2.05, 4.69) is 105 Å². The number of para-hydroxylation sites is 1. The molecule has 0 amide bonds. The molecule has 30 heavy (non-hydrogen) atoms. The summed E-state index contributed by atoms with van der Waals surface area (Å²) in [7, 11) is 0. The number of pyridine rings is 1. The second-order valence-corrected chi connectivity index (χ2v) is 8.89. The molecule has 1 N–H and O–H groups in total. The van der Waals surface area contributed by atoms with Gasteiger partial charge in [-0.3, -0.25) is 0 Å². The molecule has 1 aliphatic heterocycles. The van der Waals surface area contributed by atoms with Crippen molar-refractivity contribution in [2.24, 2.45) is 0 Å². The number of hydrogen-bond acceptors (Lipinski definition) is 3. The molecule has 0 saturated carbocycles. The molecule has 1 aromatic heterocycles. The molecule has 5 heteroatoms. The van der Waals surface area contributed by atoms with Crippen molar-refractivity contribution in [2.75, 3.05) is 18.1 Å². The van der Waals surface area contributed by atoms with Crippen molar-refractivity contribution in [1.29, 1.82) is 0 Å². The highest BCUT2D eigenvalue weighted by Gasteiger charge is 2.23. The average Bonchev–Trinajstić information content (AvgIpc) is 3.11. The number of hydrogen-bond donors (Lipinski definition) is 1. The highest BCUT2D eigenvalue weighted by Crippen LogP contribution is 2.46. The van der Waals surface area contributed by atoms with Crippen LogP contribution in [0, 0.1) is 0 Å².